The molecule has 12 heteroatoms. The van der Waals surface area contributed by atoms with Crippen molar-refractivity contribution < 1.29 is 35.8 Å². The molecule has 1 aliphatic heterocycles. The standard InChI is InChI=1S/C20H22ClF3N2O5S/c1-3-30-16-11-15(26-5-7-29-8-6-26)17(31-4-2)10-14(16)25-32(27,28)20-13(23)9-12(22)18(21)19(20)24/h9-11,25H,3-8H2,1-2H3. The topological polar surface area (TPSA) is 77.1 Å². The van der Waals surface area contributed by atoms with E-state index in [0.717, 1.165) is 0 Å². The highest BCUT2D eigenvalue weighted by molar-refractivity contribution is 7.92. The molecule has 1 saturated heterocycles. The number of sulfonamides is 1. The van der Waals surface area contributed by atoms with Crippen LogP contribution in [0.2, 0.25) is 5.02 Å². The molecule has 0 saturated carbocycles. The van der Waals surface area contributed by atoms with Crippen LogP contribution in [0.25, 0.3) is 0 Å². The minimum absolute atomic E-state index is 0.105. The lowest BCUT2D eigenvalue weighted by Crippen LogP contribution is -2.36. The smallest absolute Gasteiger partial charge is 0.267 e. The quantitative estimate of drug-likeness (QED) is 0.438. The third-order valence-corrected chi connectivity index (χ3v) is 6.34. The van der Waals surface area contributed by atoms with Crippen molar-refractivity contribution in [1.29, 1.82) is 0 Å². The Morgan fingerprint density at radius 3 is 2.28 bits per heavy atom. The number of benzene rings is 2. The Hall–Kier alpha value is -2.37. The van der Waals surface area contributed by atoms with Gasteiger partial charge in [-0.15, -0.1) is 0 Å². The SMILES string of the molecule is CCOc1cc(N2CCOCC2)c(OCC)cc1NS(=O)(=O)c1c(F)cc(F)c(Cl)c1F. The number of anilines is 2. The van der Waals surface area contributed by atoms with Gasteiger partial charge in [-0.2, -0.15) is 0 Å². The van der Waals surface area contributed by atoms with Gasteiger partial charge < -0.3 is 19.1 Å². The van der Waals surface area contributed by atoms with Gasteiger partial charge in [0.15, 0.2) is 10.7 Å². The first-order valence-corrected chi connectivity index (χ1v) is 11.7. The minimum Gasteiger partial charge on any atom is -0.492 e. The Labute approximate surface area is 189 Å². The number of hydrogen-bond donors (Lipinski definition) is 1. The fourth-order valence-electron chi connectivity index (χ4n) is 3.22. The Kier molecular flexibility index (Phi) is 7.63. The van der Waals surface area contributed by atoms with Gasteiger partial charge >= 0.3 is 0 Å². The summed E-state index contributed by atoms with van der Waals surface area (Å²) in [5.41, 5.74) is 0.551. The Morgan fingerprint density at radius 2 is 1.66 bits per heavy atom. The number of nitrogens with one attached hydrogen (secondary N) is 1. The maximum Gasteiger partial charge on any atom is 0.267 e. The minimum atomic E-state index is -4.84. The molecule has 0 amide bonds. The van der Waals surface area contributed by atoms with Crippen LogP contribution in [0.1, 0.15) is 13.8 Å². The Bertz CT molecular complexity index is 1100. The van der Waals surface area contributed by atoms with Crippen molar-refractivity contribution in [2.24, 2.45) is 0 Å². The van der Waals surface area contributed by atoms with Crippen molar-refractivity contribution in [1.82, 2.24) is 0 Å². The van der Waals surface area contributed by atoms with Crippen LogP contribution in [0, 0.1) is 17.5 Å². The second kappa shape index (κ2) is 10.1. The van der Waals surface area contributed by atoms with Crippen LogP contribution in [-0.2, 0) is 14.8 Å². The van der Waals surface area contributed by atoms with E-state index in [0.29, 0.717) is 37.7 Å². The average Bonchev–Trinajstić information content (AvgIpc) is 2.74. The molecule has 176 valence electrons. The van der Waals surface area contributed by atoms with Gasteiger partial charge in [0, 0.05) is 31.3 Å². The molecule has 1 fully saturated rings. The van der Waals surface area contributed by atoms with Crippen molar-refractivity contribution in [2.75, 3.05) is 49.1 Å². The van der Waals surface area contributed by atoms with E-state index in [1.54, 1.807) is 19.9 Å². The van der Waals surface area contributed by atoms with Gasteiger partial charge in [-0.3, -0.25) is 4.72 Å². The van der Waals surface area contributed by atoms with Gasteiger partial charge in [-0.25, -0.2) is 21.6 Å². The molecule has 0 aromatic heterocycles. The summed E-state index contributed by atoms with van der Waals surface area (Å²) in [5, 5.41) is -1.13. The molecular formula is C20H22ClF3N2O5S. The molecule has 1 aliphatic rings. The zero-order valence-corrected chi connectivity index (χ0v) is 19.0. The first-order chi connectivity index (χ1) is 15.2. The summed E-state index contributed by atoms with van der Waals surface area (Å²) in [6.45, 7) is 6.12. The van der Waals surface area contributed by atoms with E-state index in [2.05, 4.69) is 4.72 Å². The molecular weight excluding hydrogens is 473 g/mol. The number of morpholine rings is 1. The van der Waals surface area contributed by atoms with E-state index in [4.69, 9.17) is 25.8 Å². The van der Waals surface area contributed by atoms with Crippen molar-refractivity contribution in [3.8, 4) is 11.5 Å². The molecule has 0 bridgehead atoms. The van der Waals surface area contributed by atoms with Gasteiger partial charge in [0.2, 0.25) is 0 Å². The molecule has 32 heavy (non-hydrogen) atoms. The summed E-state index contributed by atoms with van der Waals surface area (Å²) in [4.78, 5) is 0.593. The number of nitrogens with zero attached hydrogens (tertiary/aromatic N) is 1. The molecule has 7 nitrogen and oxygen atoms in total. The van der Waals surface area contributed by atoms with Gasteiger partial charge in [0.25, 0.3) is 10.0 Å². The molecule has 3 rings (SSSR count). The lowest BCUT2D eigenvalue weighted by Gasteiger charge is -2.31. The van der Waals surface area contributed by atoms with E-state index in [1.807, 2.05) is 4.90 Å². The van der Waals surface area contributed by atoms with Gasteiger partial charge in [-0.1, -0.05) is 11.6 Å². The summed E-state index contributed by atoms with van der Waals surface area (Å²) >= 11 is 5.45. The van der Waals surface area contributed by atoms with E-state index in [1.165, 1.54) is 6.07 Å². The first kappa shape index (κ1) is 24.3. The van der Waals surface area contributed by atoms with Gasteiger partial charge in [0.05, 0.1) is 37.8 Å². The fourth-order valence-corrected chi connectivity index (χ4v) is 4.63. The molecule has 1 N–H and O–H groups in total. The van der Waals surface area contributed by atoms with E-state index in [9.17, 15) is 21.6 Å². The summed E-state index contributed by atoms with van der Waals surface area (Å²) in [6, 6.07) is 3.16. The van der Waals surface area contributed by atoms with Crippen molar-refractivity contribution in [3.63, 3.8) is 0 Å². The lowest BCUT2D eigenvalue weighted by molar-refractivity contribution is 0.122. The average molecular weight is 495 g/mol. The van der Waals surface area contributed by atoms with Crippen LogP contribution in [0.5, 0.6) is 11.5 Å². The van der Waals surface area contributed by atoms with Gasteiger partial charge in [0.1, 0.15) is 28.2 Å². The predicted molar refractivity (Wildman–Crippen MR) is 114 cm³/mol. The second-order valence-corrected chi connectivity index (χ2v) is 8.68. The second-order valence-electron chi connectivity index (χ2n) is 6.68. The molecule has 2 aromatic carbocycles. The fraction of sp³-hybridized carbons (Fsp3) is 0.400. The maximum atomic E-state index is 14.4. The monoisotopic (exact) mass is 494 g/mol. The molecule has 2 aromatic rings. The Balaban J connectivity index is 2.08. The maximum absolute atomic E-state index is 14.4. The zero-order valence-electron chi connectivity index (χ0n) is 17.4. The van der Waals surface area contributed by atoms with Crippen LogP contribution in [-0.4, -0.2) is 47.9 Å². The number of rotatable bonds is 8. The van der Waals surface area contributed by atoms with Crippen LogP contribution >= 0.6 is 11.6 Å². The van der Waals surface area contributed by atoms with Crippen LogP contribution < -0.4 is 19.1 Å². The first-order valence-electron chi connectivity index (χ1n) is 9.81. The third-order valence-electron chi connectivity index (χ3n) is 4.60. The van der Waals surface area contributed by atoms with E-state index < -0.39 is 37.4 Å². The molecule has 0 aliphatic carbocycles. The van der Waals surface area contributed by atoms with Crippen LogP contribution in [0.4, 0.5) is 24.5 Å². The Morgan fingerprint density at radius 1 is 1.03 bits per heavy atom. The summed E-state index contributed by atoms with van der Waals surface area (Å²) in [6.07, 6.45) is 0. The number of hydrogen-bond acceptors (Lipinski definition) is 6. The third kappa shape index (κ3) is 5.00. The summed E-state index contributed by atoms with van der Waals surface area (Å²) in [5.74, 6) is -4.30. The number of ether oxygens (including phenoxy) is 3. The summed E-state index contributed by atoms with van der Waals surface area (Å²) < 4.78 is 86.4. The van der Waals surface area contributed by atoms with Crippen LogP contribution in [0.15, 0.2) is 23.1 Å². The molecule has 0 spiro atoms. The summed E-state index contributed by atoms with van der Waals surface area (Å²) in [7, 11) is -4.84. The zero-order chi connectivity index (χ0) is 23.5. The van der Waals surface area contributed by atoms with Gasteiger partial charge in [-0.05, 0) is 13.8 Å². The predicted octanol–water partition coefficient (Wildman–Crippen LogP) is 4.19. The molecule has 1 heterocycles. The molecule has 0 radical (unpaired) electrons. The highest BCUT2D eigenvalue weighted by atomic mass is 35.5. The lowest BCUT2D eigenvalue weighted by atomic mass is 10.2. The highest BCUT2D eigenvalue weighted by Gasteiger charge is 2.30. The van der Waals surface area contributed by atoms with E-state index >= 15 is 0 Å². The molecule has 0 atom stereocenters. The number of halogens is 4. The van der Waals surface area contributed by atoms with Crippen molar-refractivity contribution >= 4 is 33.0 Å². The molecule has 0 unspecified atom stereocenters. The van der Waals surface area contributed by atoms with Crippen LogP contribution in [0.3, 0.4) is 0 Å². The normalized spacial score (nSPS) is 14.4. The van der Waals surface area contributed by atoms with Crippen molar-refractivity contribution in [3.05, 3.63) is 40.7 Å². The largest absolute Gasteiger partial charge is 0.492 e. The van der Waals surface area contributed by atoms with E-state index in [-0.39, 0.29) is 30.7 Å². The van der Waals surface area contributed by atoms with Crippen molar-refractivity contribution in [2.45, 2.75) is 18.7 Å². The highest BCUT2D eigenvalue weighted by Crippen LogP contribution is 2.40.